The van der Waals surface area contributed by atoms with Gasteiger partial charge in [-0.3, -0.25) is 0 Å². The van der Waals surface area contributed by atoms with Crippen LogP contribution in [0.15, 0.2) is 52.3 Å². The first-order valence-corrected chi connectivity index (χ1v) is 7.44. The lowest BCUT2D eigenvalue weighted by Crippen LogP contribution is -2.05. The van der Waals surface area contributed by atoms with Gasteiger partial charge >= 0.3 is 5.97 Å². The number of aryl methyl sites for hydroxylation is 2. The minimum absolute atomic E-state index is 0.264. The maximum Gasteiger partial charge on any atom is 0.339 e. The molecule has 104 valence electrons. The van der Waals surface area contributed by atoms with E-state index >= 15 is 0 Å². The van der Waals surface area contributed by atoms with Crippen LogP contribution in [0.25, 0.3) is 0 Å². The van der Waals surface area contributed by atoms with Crippen LogP contribution in [0.5, 0.6) is 0 Å². The van der Waals surface area contributed by atoms with Crippen LogP contribution in [0.4, 0.5) is 0 Å². The highest BCUT2D eigenvalue weighted by Gasteiger charge is 2.13. The molecule has 0 unspecified atom stereocenters. The Balaban J connectivity index is 2.31. The van der Waals surface area contributed by atoms with Gasteiger partial charge in [0.2, 0.25) is 0 Å². The van der Waals surface area contributed by atoms with Crippen molar-refractivity contribution in [2.45, 2.75) is 30.6 Å². The molecule has 0 N–H and O–H groups in total. The molecule has 0 radical (unpaired) electrons. The van der Waals surface area contributed by atoms with Gasteiger partial charge in [0.05, 0.1) is 12.2 Å². The molecule has 0 saturated heterocycles. The summed E-state index contributed by atoms with van der Waals surface area (Å²) in [5.41, 5.74) is 3.08. The number of carbonyl (C=O) groups excluding carboxylic acids is 1. The molecule has 2 aromatic rings. The summed E-state index contributed by atoms with van der Waals surface area (Å²) in [6, 6.07) is 13.9. The average Bonchev–Trinajstić information content (AvgIpc) is 2.43. The highest BCUT2D eigenvalue weighted by Crippen LogP contribution is 2.33. The molecule has 0 aliphatic heterocycles. The van der Waals surface area contributed by atoms with E-state index in [1.54, 1.807) is 11.8 Å². The number of hydrogen-bond acceptors (Lipinski definition) is 3. The molecule has 2 aromatic carbocycles. The third-order valence-electron chi connectivity index (χ3n) is 2.93. The zero-order valence-corrected chi connectivity index (χ0v) is 12.8. The van der Waals surface area contributed by atoms with Gasteiger partial charge in [-0.25, -0.2) is 4.79 Å². The summed E-state index contributed by atoms with van der Waals surface area (Å²) in [6.07, 6.45) is 0. The molecule has 0 fully saturated rings. The molecule has 0 spiro atoms. The molecule has 2 nitrogen and oxygen atoms in total. The second-order valence-electron chi connectivity index (χ2n) is 4.59. The Morgan fingerprint density at radius 1 is 1.10 bits per heavy atom. The second-order valence-corrected chi connectivity index (χ2v) is 5.67. The van der Waals surface area contributed by atoms with Crippen molar-refractivity contribution in [1.29, 1.82) is 0 Å². The topological polar surface area (TPSA) is 26.3 Å². The Morgan fingerprint density at radius 3 is 2.55 bits per heavy atom. The average molecular weight is 286 g/mol. The summed E-state index contributed by atoms with van der Waals surface area (Å²) < 4.78 is 5.10. The van der Waals surface area contributed by atoms with Crippen molar-refractivity contribution in [3.8, 4) is 0 Å². The zero-order chi connectivity index (χ0) is 14.5. The van der Waals surface area contributed by atoms with Crippen molar-refractivity contribution in [2.75, 3.05) is 6.61 Å². The molecule has 2 rings (SSSR count). The van der Waals surface area contributed by atoms with Crippen LogP contribution >= 0.6 is 11.8 Å². The Morgan fingerprint density at radius 2 is 1.85 bits per heavy atom. The Hall–Kier alpha value is -1.74. The summed E-state index contributed by atoms with van der Waals surface area (Å²) in [6.45, 7) is 6.37. The van der Waals surface area contributed by atoms with Crippen molar-refractivity contribution in [3.63, 3.8) is 0 Å². The molecule has 0 aliphatic rings. The summed E-state index contributed by atoms with van der Waals surface area (Å²) in [4.78, 5) is 14.0. The second kappa shape index (κ2) is 6.62. The molecule has 0 bridgehead atoms. The first-order valence-electron chi connectivity index (χ1n) is 6.63. The molecule has 0 saturated carbocycles. The van der Waals surface area contributed by atoms with Crippen molar-refractivity contribution < 1.29 is 9.53 Å². The van der Waals surface area contributed by atoms with Gasteiger partial charge in [0.15, 0.2) is 0 Å². The molecule has 0 aromatic heterocycles. The quantitative estimate of drug-likeness (QED) is 0.766. The minimum Gasteiger partial charge on any atom is -0.462 e. The molecule has 0 amide bonds. The lowest BCUT2D eigenvalue weighted by Gasteiger charge is -2.10. The van der Waals surface area contributed by atoms with Crippen molar-refractivity contribution >= 4 is 17.7 Å². The predicted octanol–water partition coefficient (Wildman–Crippen LogP) is 4.63. The van der Waals surface area contributed by atoms with Crippen LogP contribution in [0.2, 0.25) is 0 Å². The fourth-order valence-corrected chi connectivity index (χ4v) is 2.97. The van der Waals surface area contributed by atoms with E-state index in [9.17, 15) is 4.79 Å². The first-order chi connectivity index (χ1) is 9.61. The van der Waals surface area contributed by atoms with Gasteiger partial charge in [-0.2, -0.15) is 0 Å². The van der Waals surface area contributed by atoms with E-state index < -0.39 is 0 Å². The van der Waals surface area contributed by atoms with Gasteiger partial charge in [0, 0.05) is 9.79 Å². The van der Waals surface area contributed by atoms with E-state index in [1.165, 1.54) is 11.1 Å². The van der Waals surface area contributed by atoms with Gasteiger partial charge in [-0.05, 0) is 44.5 Å². The van der Waals surface area contributed by atoms with Gasteiger partial charge < -0.3 is 4.74 Å². The molecular formula is C17H18O2S. The monoisotopic (exact) mass is 286 g/mol. The van der Waals surface area contributed by atoms with Gasteiger partial charge in [0.1, 0.15) is 0 Å². The summed E-state index contributed by atoms with van der Waals surface area (Å²) in [7, 11) is 0. The van der Waals surface area contributed by atoms with Crippen LogP contribution in [0.1, 0.15) is 28.4 Å². The van der Waals surface area contributed by atoms with Gasteiger partial charge in [-0.1, -0.05) is 41.6 Å². The maximum atomic E-state index is 12.0. The Labute approximate surface area is 124 Å². The van der Waals surface area contributed by atoms with Crippen molar-refractivity contribution in [1.82, 2.24) is 0 Å². The van der Waals surface area contributed by atoms with Crippen LogP contribution < -0.4 is 0 Å². The Bertz CT molecular complexity index is 620. The number of esters is 1. The SMILES string of the molecule is CCOC(=O)c1ccccc1Sc1ccc(C)cc1C. The summed E-state index contributed by atoms with van der Waals surface area (Å²) >= 11 is 1.60. The predicted molar refractivity (Wildman–Crippen MR) is 82.4 cm³/mol. The van der Waals surface area contributed by atoms with Crippen molar-refractivity contribution in [3.05, 3.63) is 59.2 Å². The van der Waals surface area contributed by atoms with E-state index in [1.807, 2.05) is 31.2 Å². The fraction of sp³-hybridized carbons (Fsp3) is 0.235. The van der Waals surface area contributed by atoms with Crippen LogP contribution in [0, 0.1) is 13.8 Å². The van der Waals surface area contributed by atoms with E-state index in [2.05, 4.69) is 32.0 Å². The van der Waals surface area contributed by atoms with Crippen molar-refractivity contribution in [2.24, 2.45) is 0 Å². The molecule has 0 aliphatic carbocycles. The minimum atomic E-state index is -0.264. The molecule has 0 heterocycles. The van der Waals surface area contributed by atoms with Gasteiger partial charge in [-0.15, -0.1) is 0 Å². The lowest BCUT2D eigenvalue weighted by molar-refractivity contribution is 0.0522. The van der Waals surface area contributed by atoms with Crippen LogP contribution in [0.3, 0.4) is 0 Å². The molecule has 3 heteroatoms. The normalized spacial score (nSPS) is 10.3. The van der Waals surface area contributed by atoms with E-state index in [4.69, 9.17) is 4.74 Å². The van der Waals surface area contributed by atoms with E-state index in [-0.39, 0.29) is 5.97 Å². The number of benzene rings is 2. The number of rotatable bonds is 4. The smallest absolute Gasteiger partial charge is 0.339 e. The first kappa shape index (κ1) is 14.7. The summed E-state index contributed by atoms with van der Waals surface area (Å²) in [5, 5.41) is 0. The zero-order valence-electron chi connectivity index (χ0n) is 12.0. The number of carbonyl (C=O) groups is 1. The third-order valence-corrected chi connectivity index (χ3v) is 4.19. The van der Waals surface area contributed by atoms with Gasteiger partial charge in [0.25, 0.3) is 0 Å². The highest BCUT2D eigenvalue weighted by molar-refractivity contribution is 7.99. The van der Waals surface area contributed by atoms with E-state index in [0.717, 1.165) is 9.79 Å². The van der Waals surface area contributed by atoms with Crippen LogP contribution in [-0.2, 0) is 4.74 Å². The summed E-state index contributed by atoms with van der Waals surface area (Å²) in [5.74, 6) is -0.264. The lowest BCUT2D eigenvalue weighted by atomic mass is 10.2. The molecule has 0 atom stereocenters. The van der Waals surface area contributed by atoms with E-state index in [0.29, 0.717) is 12.2 Å². The largest absolute Gasteiger partial charge is 0.462 e. The Kier molecular flexibility index (Phi) is 4.85. The fourth-order valence-electron chi connectivity index (χ4n) is 1.97. The number of hydrogen-bond donors (Lipinski definition) is 0. The highest BCUT2D eigenvalue weighted by atomic mass is 32.2. The molecular weight excluding hydrogens is 268 g/mol. The number of ether oxygens (including phenoxy) is 1. The van der Waals surface area contributed by atoms with Crippen LogP contribution in [-0.4, -0.2) is 12.6 Å². The molecule has 20 heavy (non-hydrogen) atoms. The standard InChI is InChI=1S/C17H18O2S/c1-4-19-17(18)14-7-5-6-8-16(14)20-15-10-9-12(2)11-13(15)3/h5-11H,4H2,1-3H3. The third kappa shape index (κ3) is 3.42. The maximum absolute atomic E-state index is 12.0.